The summed E-state index contributed by atoms with van der Waals surface area (Å²) in [6.07, 6.45) is -0.478. The minimum absolute atomic E-state index is 0.0580. The number of amides is 1. The second-order valence-electron chi connectivity index (χ2n) is 8.18. The number of nitrogens with zero attached hydrogens (tertiary/aromatic N) is 2. The molecule has 1 aliphatic heterocycles. The van der Waals surface area contributed by atoms with Crippen LogP contribution < -0.4 is 9.64 Å². The van der Waals surface area contributed by atoms with Crippen molar-refractivity contribution in [1.82, 2.24) is 4.90 Å². The van der Waals surface area contributed by atoms with Crippen molar-refractivity contribution in [3.63, 3.8) is 0 Å². The van der Waals surface area contributed by atoms with Gasteiger partial charge >= 0.3 is 0 Å². The summed E-state index contributed by atoms with van der Waals surface area (Å²) in [7, 11) is 0. The van der Waals surface area contributed by atoms with Crippen LogP contribution in [0.1, 0.15) is 33.3 Å². The summed E-state index contributed by atoms with van der Waals surface area (Å²) in [6.45, 7) is 11.5. The van der Waals surface area contributed by atoms with Crippen LogP contribution in [0, 0.1) is 0 Å². The summed E-state index contributed by atoms with van der Waals surface area (Å²) in [5, 5.41) is 0. The molecule has 1 atom stereocenters. The maximum absolute atomic E-state index is 12.8. The van der Waals surface area contributed by atoms with E-state index in [1.807, 2.05) is 42.2 Å². The lowest BCUT2D eigenvalue weighted by Crippen LogP contribution is -2.52. The fourth-order valence-electron chi connectivity index (χ4n) is 3.37. The number of carbonyl (C=O) groups excluding carboxylic acids is 1. The van der Waals surface area contributed by atoms with Crippen molar-refractivity contribution in [2.24, 2.45) is 0 Å². The van der Waals surface area contributed by atoms with Gasteiger partial charge in [-0.2, -0.15) is 0 Å². The quantitative estimate of drug-likeness (QED) is 0.817. The molecule has 0 aromatic heterocycles. The average Bonchev–Trinajstić information content (AvgIpc) is 2.68. The third kappa shape index (κ3) is 4.82. The average molecular weight is 367 g/mol. The van der Waals surface area contributed by atoms with E-state index in [1.165, 1.54) is 11.3 Å². The van der Waals surface area contributed by atoms with Crippen LogP contribution in [0.2, 0.25) is 0 Å². The number of hydrogen-bond acceptors (Lipinski definition) is 3. The number of piperazine rings is 1. The normalized spacial score (nSPS) is 16.1. The van der Waals surface area contributed by atoms with E-state index in [-0.39, 0.29) is 11.3 Å². The van der Waals surface area contributed by atoms with E-state index in [0.717, 1.165) is 31.9 Å². The minimum atomic E-state index is -0.478. The molecule has 0 spiro atoms. The first-order chi connectivity index (χ1) is 12.8. The molecular weight excluding hydrogens is 336 g/mol. The van der Waals surface area contributed by atoms with Crippen LogP contribution in [0.3, 0.4) is 0 Å². The van der Waals surface area contributed by atoms with Gasteiger partial charge in [0.2, 0.25) is 0 Å². The third-order valence-electron chi connectivity index (χ3n) is 5.09. The predicted molar refractivity (Wildman–Crippen MR) is 110 cm³/mol. The summed E-state index contributed by atoms with van der Waals surface area (Å²) in [4.78, 5) is 17.0. The highest BCUT2D eigenvalue weighted by molar-refractivity contribution is 5.81. The molecule has 2 aromatic carbocycles. The Balaban J connectivity index is 1.54. The predicted octanol–water partition coefficient (Wildman–Crippen LogP) is 4.10. The highest BCUT2D eigenvalue weighted by Gasteiger charge is 2.26. The fraction of sp³-hybridized carbons (Fsp3) is 0.435. The van der Waals surface area contributed by atoms with Gasteiger partial charge in [0.05, 0.1) is 0 Å². The monoisotopic (exact) mass is 366 g/mol. The molecule has 0 aliphatic carbocycles. The molecule has 27 heavy (non-hydrogen) atoms. The lowest BCUT2D eigenvalue weighted by atomic mass is 9.87. The summed E-state index contributed by atoms with van der Waals surface area (Å²) in [6, 6.07) is 18.4. The number of carbonyl (C=O) groups is 1. The smallest absolute Gasteiger partial charge is 0.263 e. The van der Waals surface area contributed by atoms with Gasteiger partial charge in [0, 0.05) is 31.9 Å². The summed E-state index contributed by atoms with van der Waals surface area (Å²) in [5.74, 6) is 0.800. The Morgan fingerprint density at radius 2 is 1.52 bits per heavy atom. The molecule has 0 N–H and O–H groups in total. The number of hydrogen-bond donors (Lipinski definition) is 0. The summed E-state index contributed by atoms with van der Waals surface area (Å²) < 4.78 is 5.90. The molecule has 144 valence electrons. The maximum atomic E-state index is 12.8. The van der Waals surface area contributed by atoms with Gasteiger partial charge < -0.3 is 14.5 Å². The molecule has 1 heterocycles. The Hall–Kier alpha value is -2.49. The van der Waals surface area contributed by atoms with Gasteiger partial charge in [0.15, 0.2) is 6.10 Å². The van der Waals surface area contributed by atoms with Crippen molar-refractivity contribution in [3.05, 3.63) is 60.2 Å². The van der Waals surface area contributed by atoms with Crippen LogP contribution in [0.5, 0.6) is 5.75 Å². The lowest BCUT2D eigenvalue weighted by molar-refractivity contribution is -0.138. The number of rotatable bonds is 4. The van der Waals surface area contributed by atoms with Gasteiger partial charge in [-0.3, -0.25) is 4.79 Å². The van der Waals surface area contributed by atoms with E-state index in [2.05, 4.69) is 49.9 Å². The van der Waals surface area contributed by atoms with Crippen LogP contribution in [-0.2, 0) is 10.2 Å². The lowest BCUT2D eigenvalue weighted by Gasteiger charge is -2.37. The Bertz CT molecular complexity index is 742. The van der Waals surface area contributed by atoms with Crippen molar-refractivity contribution in [2.75, 3.05) is 31.1 Å². The van der Waals surface area contributed by atoms with E-state index in [1.54, 1.807) is 0 Å². The second kappa shape index (κ2) is 8.03. The summed E-state index contributed by atoms with van der Waals surface area (Å²) >= 11 is 0. The van der Waals surface area contributed by atoms with Crippen LogP contribution in [0.15, 0.2) is 54.6 Å². The third-order valence-corrected chi connectivity index (χ3v) is 5.09. The molecule has 1 aliphatic rings. The number of benzene rings is 2. The van der Waals surface area contributed by atoms with Crippen LogP contribution in [-0.4, -0.2) is 43.1 Å². The Labute approximate surface area is 162 Å². The highest BCUT2D eigenvalue weighted by atomic mass is 16.5. The topological polar surface area (TPSA) is 32.8 Å². The number of para-hydroxylation sites is 1. The largest absolute Gasteiger partial charge is 0.481 e. The van der Waals surface area contributed by atoms with Gasteiger partial charge in [-0.1, -0.05) is 51.1 Å². The van der Waals surface area contributed by atoms with Gasteiger partial charge in [0.25, 0.3) is 5.91 Å². The van der Waals surface area contributed by atoms with E-state index >= 15 is 0 Å². The molecule has 1 amide bonds. The first-order valence-corrected chi connectivity index (χ1v) is 9.70. The number of anilines is 1. The fourth-order valence-corrected chi connectivity index (χ4v) is 3.37. The van der Waals surface area contributed by atoms with Gasteiger partial charge in [0.1, 0.15) is 5.75 Å². The van der Waals surface area contributed by atoms with Crippen molar-refractivity contribution < 1.29 is 9.53 Å². The first kappa shape index (κ1) is 19.3. The zero-order chi connectivity index (χ0) is 19.4. The van der Waals surface area contributed by atoms with Crippen molar-refractivity contribution in [1.29, 1.82) is 0 Å². The van der Waals surface area contributed by atoms with Crippen LogP contribution >= 0.6 is 0 Å². The molecular formula is C23H30N2O2. The highest BCUT2D eigenvalue weighted by Crippen LogP contribution is 2.25. The molecule has 0 saturated carbocycles. The van der Waals surface area contributed by atoms with Gasteiger partial charge in [-0.25, -0.2) is 0 Å². The van der Waals surface area contributed by atoms with Crippen LogP contribution in [0.4, 0.5) is 5.69 Å². The first-order valence-electron chi connectivity index (χ1n) is 9.70. The Morgan fingerprint density at radius 1 is 0.926 bits per heavy atom. The van der Waals surface area contributed by atoms with Gasteiger partial charge in [-0.15, -0.1) is 0 Å². The molecule has 2 aromatic rings. The SMILES string of the molecule is C[C@@H](Oc1ccc(C(C)(C)C)cc1)C(=O)N1CCN(c2ccccc2)CC1. The molecule has 0 radical (unpaired) electrons. The van der Waals surface area contributed by atoms with E-state index in [9.17, 15) is 4.79 Å². The maximum Gasteiger partial charge on any atom is 0.263 e. The number of ether oxygens (including phenoxy) is 1. The van der Waals surface area contributed by atoms with Crippen LogP contribution in [0.25, 0.3) is 0 Å². The molecule has 0 bridgehead atoms. The van der Waals surface area contributed by atoms with E-state index in [4.69, 9.17) is 4.74 Å². The second-order valence-corrected chi connectivity index (χ2v) is 8.18. The molecule has 1 fully saturated rings. The Kier molecular flexibility index (Phi) is 5.73. The minimum Gasteiger partial charge on any atom is -0.481 e. The standard InChI is InChI=1S/C23H30N2O2/c1-18(27-21-12-10-19(11-13-21)23(2,3)4)22(26)25-16-14-24(15-17-25)20-8-6-5-7-9-20/h5-13,18H,14-17H2,1-4H3/t18-/m1/s1. The molecule has 4 heteroatoms. The van der Waals surface area contributed by atoms with Gasteiger partial charge in [-0.05, 0) is 42.2 Å². The summed E-state index contributed by atoms with van der Waals surface area (Å²) in [5.41, 5.74) is 2.58. The molecule has 0 unspecified atom stereocenters. The van der Waals surface area contributed by atoms with Crippen molar-refractivity contribution in [3.8, 4) is 5.75 Å². The Morgan fingerprint density at radius 3 is 2.07 bits per heavy atom. The van der Waals surface area contributed by atoms with E-state index in [0.29, 0.717) is 0 Å². The van der Waals surface area contributed by atoms with Crippen molar-refractivity contribution in [2.45, 2.75) is 39.2 Å². The molecule has 3 rings (SSSR count). The molecule has 1 saturated heterocycles. The van der Waals surface area contributed by atoms with Crippen molar-refractivity contribution >= 4 is 11.6 Å². The zero-order valence-electron chi connectivity index (χ0n) is 16.8. The van der Waals surface area contributed by atoms with E-state index < -0.39 is 6.10 Å². The molecule has 4 nitrogen and oxygen atoms in total. The zero-order valence-corrected chi connectivity index (χ0v) is 16.8.